The van der Waals surface area contributed by atoms with E-state index in [0.29, 0.717) is 19.7 Å². The fraction of sp³-hybridized carbons (Fsp3) is 0.136. The Labute approximate surface area is 147 Å². The SMILES string of the molecule is O=C(c1ccccc1-c1ccccc1)N1CCOc2ccccc2C1. The van der Waals surface area contributed by atoms with Crippen molar-refractivity contribution < 1.29 is 9.53 Å². The number of para-hydroxylation sites is 1. The smallest absolute Gasteiger partial charge is 0.254 e. The molecule has 0 unspecified atom stereocenters. The van der Waals surface area contributed by atoms with Crippen LogP contribution in [0.1, 0.15) is 15.9 Å². The zero-order chi connectivity index (χ0) is 17.1. The standard InChI is InChI=1S/C22H19NO2/c24-22(23-14-15-25-21-13-7-4-10-18(21)16-23)20-12-6-5-11-19(20)17-8-2-1-3-9-17/h1-13H,14-16H2. The minimum absolute atomic E-state index is 0.0414. The highest BCUT2D eigenvalue weighted by molar-refractivity contribution is 6.00. The first-order valence-electron chi connectivity index (χ1n) is 8.47. The minimum Gasteiger partial charge on any atom is -0.491 e. The van der Waals surface area contributed by atoms with Crippen molar-refractivity contribution in [3.8, 4) is 16.9 Å². The van der Waals surface area contributed by atoms with E-state index in [1.807, 2.05) is 83.8 Å². The van der Waals surface area contributed by atoms with E-state index in [4.69, 9.17) is 4.74 Å². The number of carbonyl (C=O) groups is 1. The van der Waals surface area contributed by atoms with Crippen LogP contribution in [-0.4, -0.2) is 24.0 Å². The topological polar surface area (TPSA) is 29.5 Å². The van der Waals surface area contributed by atoms with Crippen LogP contribution in [-0.2, 0) is 6.54 Å². The molecule has 0 atom stereocenters. The highest BCUT2D eigenvalue weighted by atomic mass is 16.5. The Morgan fingerprint density at radius 2 is 1.56 bits per heavy atom. The predicted octanol–water partition coefficient (Wildman–Crippen LogP) is 4.39. The first-order valence-corrected chi connectivity index (χ1v) is 8.47. The molecule has 1 heterocycles. The van der Waals surface area contributed by atoms with Gasteiger partial charge in [-0.3, -0.25) is 4.79 Å². The van der Waals surface area contributed by atoms with E-state index in [1.165, 1.54) is 0 Å². The lowest BCUT2D eigenvalue weighted by molar-refractivity contribution is 0.0734. The third-order valence-electron chi connectivity index (χ3n) is 4.48. The Bertz CT molecular complexity index is 889. The maximum absolute atomic E-state index is 13.2. The Kier molecular flexibility index (Phi) is 4.21. The fourth-order valence-electron chi connectivity index (χ4n) is 3.21. The number of carbonyl (C=O) groups excluding carboxylic acids is 1. The number of benzene rings is 3. The van der Waals surface area contributed by atoms with E-state index < -0.39 is 0 Å². The summed E-state index contributed by atoms with van der Waals surface area (Å²) in [7, 11) is 0. The van der Waals surface area contributed by atoms with Crippen LogP contribution in [0.5, 0.6) is 5.75 Å². The molecular weight excluding hydrogens is 310 g/mol. The van der Waals surface area contributed by atoms with E-state index in [1.54, 1.807) is 0 Å². The van der Waals surface area contributed by atoms with Crippen LogP contribution in [0.25, 0.3) is 11.1 Å². The lowest BCUT2D eigenvalue weighted by Gasteiger charge is -2.21. The van der Waals surface area contributed by atoms with E-state index in [2.05, 4.69) is 0 Å². The second-order valence-electron chi connectivity index (χ2n) is 6.09. The molecule has 124 valence electrons. The van der Waals surface area contributed by atoms with Gasteiger partial charge in [0.2, 0.25) is 0 Å². The van der Waals surface area contributed by atoms with Crippen molar-refractivity contribution >= 4 is 5.91 Å². The summed E-state index contributed by atoms with van der Waals surface area (Å²) in [6.45, 7) is 1.66. The van der Waals surface area contributed by atoms with E-state index in [9.17, 15) is 4.79 Å². The van der Waals surface area contributed by atoms with Crippen molar-refractivity contribution in [2.24, 2.45) is 0 Å². The van der Waals surface area contributed by atoms with Gasteiger partial charge in [-0.25, -0.2) is 0 Å². The van der Waals surface area contributed by atoms with Gasteiger partial charge in [-0.2, -0.15) is 0 Å². The third-order valence-corrected chi connectivity index (χ3v) is 4.48. The quantitative estimate of drug-likeness (QED) is 0.698. The molecule has 0 saturated heterocycles. The van der Waals surface area contributed by atoms with Crippen molar-refractivity contribution in [3.05, 3.63) is 90.0 Å². The summed E-state index contributed by atoms with van der Waals surface area (Å²) in [6, 6.07) is 25.8. The molecule has 3 heteroatoms. The summed E-state index contributed by atoms with van der Waals surface area (Å²) in [5.41, 5.74) is 3.79. The molecule has 0 saturated carbocycles. The summed E-state index contributed by atoms with van der Waals surface area (Å²) in [6.07, 6.45) is 0. The lowest BCUT2D eigenvalue weighted by atomic mass is 9.98. The summed E-state index contributed by atoms with van der Waals surface area (Å²) in [5.74, 6) is 0.911. The number of fused-ring (bicyclic) bond motifs is 1. The van der Waals surface area contributed by atoms with Crippen LogP contribution in [0.3, 0.4) is 0 Å². The van der Waals surface area contributed by atoms with Gasteiger partial charge in [-0.05, 0) is 23.3 Å². The molecular formula is C22H19NO2. The van der Waals surface area contributed by atoms with Crippen LogP contribution < -0.4 is 4.74 Å². The summed E-state index contributed by atoms with van der Waals surface area (Å²) < 4.78 is 5.79. The summed E-state index contributed by atoms with van der Waals surface area (Å²) in [4.78, 5) is 15.1. The molecule has 0 N–H and O–H groups in total. The molecule has 0 bridgehead atoms. The second-order valence-corrected chi connectivity index (χ2v) is 6.09. The van der Waals surface area contributed by atoms with Crippen molar-refractivity contribution in [1.82, 2.24) is 4.90 Å². The number of amides is 1. The number of hydrogen-bond acceptors (Lipinski definition) is 2. The molecule has 3 nitrogen and oxygen atoms in total. The maximum atomic E-state index is 13.2. The van der Waals surface area contributed by atoms with Crippen molar-refractivity contribution in [2.45, 2.75) is 6.54 Å². The van der Waals surface area contributed by atoms with Crippen LogP contribution >= 0.6 is 0 Å². The number of hydrogen-bond donors (Lipinski definition) is 0. The average Bonchev–Trinajstić information content (AvgIpc) is 2.90. The van der Waals surface area contributed by atoms with Crippen LogP contribution in [0.15, 0.2) is 78.9 Å². The van der Waals surface area contributed by atoms with Gasteiger partial charge in [0, 0.05) is 17.7 Å². The number of nitrogens with zero attached hydrogens (tertiary/aromatic N) is 1. The molecule has 0 spiro atoms. The van der Waals surface area contributed by atoms with Gasteiger partial charge in [0.05, 0.1) is 6.54 Å². The third kappa shape index (κ3) is 3.13. The molecule has 3 aromatic carbocycles. The monoisotopic (exact) mass is 329 g/mol. The minimum atomic E-state index is 0.0414. The van der Waals surface area contributed by atoms with E-state index in [0.717, 1.165) is 28.0 Å². The lowest BCUT2D eigenvalue weighted by Crippen LogP contribution is -2.32. The maximum Gasteiger partial charge on any atom is 0.254 e. The fourth-order valence-corrected chi connectivity index (χ4v) is 3.21. The highest BCUT2D eigenvalue weighted by Crippen LogP contribution is 2.27. The van der Waals surface area contributed by atoms with Gasteiger partial charge in [-0.15, -0.1) is 0 Å². The van der Waals surface area contributed by atoms with Gasteiger partial charge >= 0.3 is 0 Å². The molecule has 1 amide bonds. The van der Waals surface area contributed by atoms with Gasteiger partial charge < -0.3 is 9.64 Å². The Balaban J connectivity index is 1.68. The summed E-state index contributed by atoms with van der Waals surface area (Å²) in [5, 5.41) is 0. The molecule has 1 aliphatic heterocycles. The van der Waals surface area contributed by atoms with Gasteiger partial charge in [-0.1, -0.05) is 66.7 Å². The zero-order valence-corrected chi connectivity index (χ0v) is 13.9. The van der Waals surface area contributed by atoms with Crippen LogP contribution in [0.2, 0.25) is 0 Å². The molecule has 3 aromatic rings. The number of ether oxygens (including phenoxy) is 1. The van der Waals surface area contributed by atoms with Crippen molar-refractivity contribution in [1.29, 1.82) is 0 Å². The Morgan fingerprint density at radius 3 is 2.44 bits per heavy atom. The van der Waals surface area contributed by atoms with Crippen LogP contribution in [0.4, 0.5) is 0 Å². The first-order chi connectivity index (χ1) is 12.3. The van der Waals surface area contributed by atoms with Gasteiger partial charge in [0.1, 0.15) is 12.4 Å². The van der Waals surface area contributed by atoms with Crippen molar-refractivity contribution in [2.75, 3.05) is 13.2 Å². The molecule has 0 aliphatic carbocycles. The summed E-state index contributed by atoms with van der Waals surface area (Å²) >= 11 is 0. The second kappa shape index (κ2) is 6.81. The molecule has 25 heavy (non-hydrogen) atoms. The zero-order valence-electron chi connectivity index (χ0n) is 13.9. The Hall–Kier alpha value is -3.07. The molecule has 1 aliphatic rings. The first kappa shape index (κ1) is 15.5. The predicted molar refractivity (Wildman–Crippen MR) is 98.6 cm³/mol. The van der Waals surface area contributed by atoms with E-state index in [-0.39, 0.29) is 5.91 Å². The average molecular weight is 329 g/mol. The normalized spacial score (nSPS) is 13.5. The van der Waals surface area contributed by atoms with Gasteiger partial charge in [0.15, 0.2) is 0 Å². The van der Waals surface area contributed by atoms with E-state index >= 15 is 0 Å². The van der Waals surface area contributed by atoms with Gasteiger partial charge in [0.25, 0.3) is 5.91 Å². The molecule has 0 radical (unpaired) electrons. The van der Waals surface area contributed by atoms with Crippen molar-refractivity contribution in [3.63, 3.8) is 0 Å². The number of rotatable bonds is 2. The molecule has 4 rings (SSSR count). The molecule has 0 fully saturated rings. The highest BCUT2D eigenvalue weighted by Gasteiger charge is 2.22. The molecule has 0 aromatic heterocycles. The van der Waals surface area contributed by atoms with Crippen LogP contribution in [0, 0.1) is 0 Å². The Morgan fingerprint density at radius 1 is 0.840 bits per heavy atom. The largest absolute Gasteiger partial charge is 0.491 e.